The van der Waals surface area contributed by atoms with Crippen LogP contribution in [0.1, 0.15) is 259 Å². The Bertz CT molecular complexity index is 1090. The second-order valence-corrected chi connectivity index (χ2v) is 20.9. The van der Waals surface area contributed by atoms with E-state index >= 15 is 0 Å². The van der Waals surface area contributed by atoms with Crippen molar-refractivity contribution >= 4 is 11.9 Å². The molecule has 0 aromatic carbocycles. The lowest BCUT2D eigenvalue weighted by Gasteiger charge is -2.44. The number of hydrogen-bond acceptors (Lipinski definition) is 13. The van der Waals surface area contributed by atoms with Crippen molar-refractivity contribution in [2.24, 2.45) is 11.8 Å². The predicted molar refractivity (Wildman–Crippen MR) is 272 cm³/mol. The molecule has 0 unspecified atom stereocenters. The van der Waals surface area contributed by atoms with Crippen LogP contribution in [0.4, 0.5) is 0 Å². The first kappa shape index (κ1) is 63.7. The smallest absolute Gasteiger partial charge is 0.309 e. The normalized spacial score (nSPS) is 25.2. The molecular weight excluding hydrogens is 881 g/mol. The molecular formula is C56H106O13. The first-order valence-electron chi connectivity index (χ1n) is 28.9. The Kier molecular flexibility index (Phi) is 37.8. The van der Waals surface area contributed by atoms with Gasteiger partial charge in [-0.3, -0.25) is 9.59 Å². The van der Waals surface area contributed by atoms with Crippen molar-refractivity contribution in [2.45, 2.75) is 320 Å². The van der Waals surface area contributed by atoms with E-state index in [0.717, 1.165) is 77.0 Å². The lowest BCUT2D eigenvalue weighted by atomic mass is 9.94. The average molecular weight is 987 g/mol. The Hall–Kier alpha value is -1.42. The number of carbonyl (C=O) groups excluding carboxylic acids is 2. The van der Waals surface area contributed by atoms with Crippen LogP contribution in [0, 0.1) is 11.8 Å². The molecule has 0 saturated carbocycles. The molecule has 0 spiro atoms. The van der Waals surface area contributed by atoms with Crippen molar-refractivity contribution in [3.63, 3.8) is 0 Å². The van der Waals surface area contributed by atoms with Gasteiger partial charge >= 0.3 is 11.9 Å². The van der Waals surface area contributed by atoms with E-state index in [-0.39, 0.29) is 11.8 Å². The van der Waals surface area contributed by atoms with Gasteiger partial charge in [0.15, 0.2) is 12.6 Å². The summed E-state index contributed by atoms with van der Waals surface area (Å²) < 4.78 is 29.1. The van der Waals surface area contributed by atoms with Crippen LogP contribution in [0.25, 0.3) is 0 Å². The van der Waals surface area contributed by atoms with E-state index in [1.165, 1.54) is 128 Å². The summed E-state index contributed by atoms with van der Waals surface area (Å²) in [6.07, 6.45) is 23.4. The van der Waals surface area contributed by atoms with Gasteiger partial charge in [0.2, 0.25) is 0 Å². The summed E-state index contributed by atoms with van der Waals surface area (Å²) in [5, 5.41) is 65.5. The van der Waals surface area contributed by atoms with Crippen LogP contribution in [0.15, 0.2) is 0 Å². The number of aliphatic hydroxyl groups excluding tert-OH is 6. The quantitative estimate of drug-likeness (QED) is 0.0249. The summed E-state index contributed by atoms with van der Waals surface area (Å²) in [5.74, 6) is -1.42. The Morgan fingerprint density at radius 1 is 0.348 bits per heavy atom. The minimum atomic E-state index is -1.81. The molecule has 2 rings (SSSR count). The highest BCUT2D eigenvalue weighted by Gasteiger charge is 2.50. The summed E-state index contributed by atoms with van der Waals surface area (Å²) in [4.78, 5) is 27.2. The van der Waals surface area contributed by atoms with E-state index in [4.69, 9.17) is 23.7 Å². The first-order chi connectivity index (χ1) is 33.5. The molecule has 0 aromatic heterocycles. The standard InChI is InChI=1S/C56H106O13/c1-5-9-13-17-21-25-29-33-37-43(38-34-30-26-22-18-14-10-6-2)53(63)65-41-45-47(57)49(59)51(61)55(67-45)69-56-52(62)50(60)48(58)46(68-56)42-66-54(64)44(39-35-31-27-23-19-15-11-7-3)40-36-32-28-24-20-16-12-8-4/h43-52,55-62H,5-42H2,1-4H3/t45-,46-,47-,48-,49+,50+,51-,52-,55-,56-/m1/s1. The second-order valence-electron chi connectivity index (χ2n) is 20.9. The fraction of sp³-hybridized carbons (Fsp3) is 0.964. The number of hydrogen-bond donors (Lipinski definition) is 6. The van der Waals surface area contributed by atoms with E-state index in [1.807, 2.05) is 0 Å². The van der Waals surface area contributed by atoms with E-state index in [1.54, 1.807) is 0 Å². The zero-order valence-corrected chi connectivity index (χ0v) is 44.3. The molecule has 13 heteroatoms. The summed E-state index contributed by atoms with van der Waals surface area (Å²) >= 11 is 0. The first-order valence-corrected chi connectivity index (χ1v) is 28.9. The third-order valence-electron chi connectivity index (χ3n) is 14.7. The molecule has 0 aromatic rings. The summed E-state index contributed by atoms with van der Waals surface area (Å²) in [6.45, 7) is 8.02. The van der Waals surface area contributed by atoms with Crippen molar-refractivity contribution in [1.29, 1.82) is 0 Å². The van der Waals surface area contributed by atoms with Gasteiger partial charge in [0.1, 0.15) is 62.0 Å². The minimum absolute atomic E-state index is 0.316. The van der Waals surface area contributed by atoms with Crippen LogP contribution in [0.3, 0.4) is 0 Å². The lowest BCUT2D eigenvalue weighted by Crippen LogP contribution is -2.64. The van der Waals surface area contributed by atoms with Gasteiger partial charge in [-0.2, -0.15) is 0 Å². The van der Waals surface area contributed by atoms with Crippen LogP contribution in [-0.2, 0) is 33.3 Å². The molecule has 408 valence electrons. The minimum Gasteiger partial charge on any atom is -0.463 e. The predicted octanol–water partition coefficient (Wildman–Crippen LogP) is 11.1. The third-order valence-corrected chi connectivity index (χ3v) is 14.7. The Labute approximate surface area is 419 Å². The molecule has 0 aliphatic carbocycles. The zero-order valence-electron chi connectivity index (χ0n) is 44.3. The Morgan fingerprint density at radius 3 is 0.826 bits per heavy atom. The maximum absolute atomic E-state index is 13.6. The number of esters is 2. The molecule has 2 fully saturated rings. The largest absolute Gasteiger partial charge is 0.463 e. The van der Waals surface area contributed by atoms with Gasteiger partial charge in [0, 0.05) is 0 Å². The topological polar surface area (TPSA) is 202 Å². The van der Waals surface area contributed by atoms with E-state index in [2.05, 4.69) is 27.7 Å². The maximum atomic E-state index is 13.6. The van der Waals surface area contributed by atoms with Crippen molar-refractivity contribution in [1.82, 2.24) is 0 Å². The van der Waals surface area contributed by atoms with E-state index < -0.39 is 86.6 Å². The van der Waals surface area contributed by atoms with Crippen molar-refractivity contribution < 1.29 is 63.9 Å². The highest BCUT2D eigenvalue weighted by molar-refractivity contribution is 5.72. The molecule has 0 radical (unpaired) electrons. The highest BCUT2D eigenvalue weighted by Crippen LogP contribution is 2.30. The number of unbranched alkanes of at least 4 members (excludes halogenated alkanes) is 28. The molecule has 0 amide bonds. The third kappa shape index (κ3) is 27.4. The van der Waals surface area contributed by atoms with Crippen LogP contribution in [-0.4, -0.2) is 117 Å². The molecule has 69 heavy (non-hydrogen) atoms. The van der Waals surface area contributed by atoms with Crippen molar-refractivity contribution in [3.05, 3.63) is 0 Å². The number of rotatable bonds is 44. The molecule has 13 nitrogen and oxygen atoms in total. The van der Waals surface area contributed by atoms with Gasteiger partial charge in [-0.15, -0.1) is 0 Å². The number of ether oxygens (including phenoxy) is 5. The van der Waals surface area contributed by atoms with Crippen molar-refractivity contribution in [3.8, 4) is 0 Å². The van der Waals surface area contributed by atoms with Gasteiger partial charge in [0.25, 0.3) is 0 Å². The fourth-order valence-electron chi connectivity index (χ4n) is 9.89. The zero-order chi connectivity index (χ0) is 50.5. The van der Waals surface area contributed by atoms with Gasteiger partial charge in [-0.1, -0.05) is 233 Å². The summed E-state index contributed by atoms with van der Waals surface area (Å²) in [5.41, 5.74) is 0. The summed E-state index contributed by atoms with van der Waals surface area (Å²) in [6, 6.07) is 0. The summed E-state index contributed by atoms with van der Waals surface area (Å²) in [7, 11) is 0. The highest BCUT2D eigenvalue weighted by atomic mass is 16.8. The second kappa shape index (κ2) is 41.0. The Morgan fingerprint density at radius 2 is 0.580 bits per heavy atom. The number of carbonyl (C=O) groups is 2. The van der Waals surface area contributed by atoms with Gasteiger partial charge in [0.05, 0.1) is 11.8 Å². The molecule has 2 saturated heterocycles. The molecule has 6 N–H and O–H groups in total. The van der Waals surface area contributed by atoms with Gasteiger partial charge in [-0.25, -0.2) is 0 Å². The lowest BCUT2D eigenvalue weighted by molar-refractivity contribution is -0.376. The maximum Gasteiger partial charge on any atom is 0.309 e. The number of aliphatic hydroxyl groups is 6. The molecule has 10 atom stereocenters. The van der Waals surface area contributed by atoms with Crippen LogP contribution >= 0.6 is 0 Å². The monoisotopic (exact) mass is 987 g/mol. The van der Waals surface area contributed by atoms with Gasteiger partial charge < -0.3 is 54.3 Å². The SMILES string of the molecule is CCCCCCCCCCC(CCCCCCCCCC)C(=O)OC[C@H]1O[C@H](O[C@H]2O[C@H](COC(=O)C(CCCCCCCCCC)CCCCCCCCCC)[C@@H](O)[C@H](O)[C@H]2O)[C@H](O)[C@@H](O)[C@@H]1O. The van der Waals surface area contributed by atoms with Gasteiger partial charge in [-0.05, 0) is 25.7 Å². The molecule has 2 aliphatic heterocycles. The average Bonchev–Trinajstić information content (AvgIpc) is 3.35. The van der Waals surface area contributed by atoms with Crippen molar-refractivity contribution in [2.75, 3.05) is 13.2 Å². The van der Waals surface area contributed by atoms with Crippen LogP contribution < -0.4 is 0 Å². The molecule has 2 heterocycles. The van der Waals surface area contributed by atoms with E-state index in [9.17, 15) is 40.2 Å². The molecule has 0 bridgehead atoms. The van der Waals surface area contributed by atoms with E-state index in [0.29, 0.717) is 25.7 Å². The molecule has 2 aliphatic rings. The fourth-order valence-corrected chi connectivity index (χ4v) is 9.89. The Balaban J connectivity index is 2.01. The van der Waals surface area contributed by atoms with Crippen LogP contribution in [0.2, 0.25) is 0 Å². The van der Waals surface area contributed by atoms with Crippen LogP contribution in [0.5, 0.6) is 0 Å².